The molecule has 0 unspecified atom stereocenters. The van der Waals surface area contributed by atoms with Gasteiger partial charge in [0.2, 0.25) is 0 Å². The molecule has 8 rings (SSSR count). The summed E-state index contributed by atoms with van der Waals surface area (Å²) in [6, 6.07) is 49.9. The molecule has 1 nitrogen and oxygen atoms in total. The number of aromatic nitrogens is 1. The third-order valence-corrected chi connectivity index (χ3v) is 13.3. The van der Waals surface area contributed by atoms with Gasteiger partial charge in [-0.1, -0.05) is 121 Å². The van der Waals surface area contributed by atoms with Crippen LogP contribution in [0.25, 0.3) is 43.7 Å². The van der Waals surface area contributed by atoms with Gasteiger partial charge in [-0.2, -0.15) is 0 Å². The van der Waals surface area contributed by atoms with E-state index in [9.17, 15) is 0 Å². The zero-order chi connectivity index (χ0) is 24.6. The van der Waals surface area contributed by atoms with E-state index in [1.807, 2.05) is 0 Å². The molecule has 37 heavy (non-hydrogen) atoms. The Hall–Kier alpha value is -4.40. The van der Waals surface area contributed by atoms with Crippen molar-refractivity contribution in [3.63, 3.8) is 0 Å². The maximum atomic E-state index is 2.47. The minimum absolute atomic E-state index is 1.29. The van der Waals surface area contributed by atoms with Gasteiger partial charge in [-0.25, -0.2) is 0 Å². The fourth-order valence-corrected chi connectivity index (χ4v) is 12.4. The van der Waals surface area contributed by atoms with E-state index < -0.39 is 8.07 Å². The van der Waals surface area contributed by atoms with Crippen LogP contribution in [0, 0.1) is 0 Å². The van der Waals surface area contributed by atoms with Gasteiger partial charge >= 0.3 is 0 Å². The molecule has 174 valence electrons. The first kappa shape index (κ1) is 20.8. The molecule has 7 aromatic rings. The Morgan fingerprint density at radius 3 is 1.81 bits per heavy atom. The predicted molar refractivity (Wildman–Crippen MR) is 161 cm³/mol. The van der Waals surface area contributed by atoms with Crippen molar-refractivity contribution in [3.8, 4) is 11.1 Å². The van der Waals surface area contributed by atoms with Crippen molar-refractivity contribution in [2.24, 2.45) is 7.05 Å². The lowest BCUT2D eigenvalue weighted by Crippen LogP contribution is -2.73. The number of nitrogens with zero attached hydrogens (tertiary/aromatic N) is 1. The maximum absolute atomic E-state index is 2.56. The van der Waals surface area contributed by atoms with E-state index >= 15 is 0 Å². The van der Waals surface area contributed by atoms with Gasteiger partial charge < -0.3 is 4.57 Å². The molecule has 0 atom stereocenters. The molecule has 0 spiro atoms. The largest absolute Gasteiger partial charge is 0.344 e. The molecular formula is C35H25NSi. The smallest absolute Gasteiger partial charge is 0.183 e. The predicted octanol–water partition coefficient (Wildman–Crippen LogP) is 5.84. The van der Waals surface area contributed by atoms with E-state index in [1.54, 1.807) is 0 Å². The Morgan fingerprint density at radius 1 is 0.514 bits per heavy atom. The van der Waals surface area contributed by atoms with Gasteiger partial charge in [0.1, 0.15) is 0 Å². The van der Waals surface area contributed by atoms with Gasteiger partial charge in [0.05, 0.1) is 0 Å². The summed E-state index contributed by atoms with van der Waals surface area (Å²) in [5, 5.41) is 11.1. The lowest BCUT2D eigenvalue weighted by atomic mass is 10.0. The van der Waals surface area contributed by atoms with Crippen LogP contribution in [0.1, 0.15) is 0 Å². The molecule has 0 amide bonds. The molecule has 0 fully saturated rings. The average Bonchev–Trinajstić information content (AvgIpc) is 3.42. The summed E-state index contributed by atoms with van der Waals surface area (Å²) in [6.45, 7) is 0. The van der Waals surface area contributed by atoms with Crippen molar-refractivity contribution >= 4 is 61.4 Å². The van der Waals surface area contributed by atoms with E-state index in [-0.39, 0.29) is 0 Å². The van der Waals surface area contributed by atoms with E-state index in [4.69, 9.17) is 0 Å². The van der Waals surface area contributed by atoms with Gasteiger partial charge in [0, 0.05) is 28.9 Å². The zero-order valence-electron chi connectivity index (χ0n) is 20.6. The van der Waals surface area contributed by atoms with E-state index in [0.29, 0.717) is 0 Å². The van der Waals surface area contributed by atoms with Crippen molar-refractivity contribution in [2.45, 2.75) is 0 Å². The van der Waals surface area contributed by atoms with E-state index in [2.05, 4.69) is 145 Å². The van der Waals surface area contributed by atoms with Crippen LogP contribution in [-0.2, 0) is 7.05 Å². The molecule has 1 aliphatic heterocycles. The molecule has 0 bridgehead atoms. The molecule has 0 aliphatic carbocycles. The lowest BCUT2D eigenvalue weighted by Gasteiger charge is -2.32. The van der Waals surface area contributed by atoms with Crippen LogP contribution in [-0.4, -0.2) is 12.6 Å². The molecule has 0 saturated heterocycles. The molecule has 1 aliphatic rings. The fraction of sp³-hybridized carbons (Fsp3) is 0.0286. The van der Waals surface area contributed by atoms with Crippen LogP contribution >= 0.6 is 0 Å². The van der Waals surface area contributed by atoms with Crippen molar-refractivity contribution < 1.29 is 0 Å². The quantitative estimate of drug-likeness (QED) is 0.270. The Balaban J connectivity index is 1.63. The first-order chi connectivity index (χ1) is 18.3. The Labute approximate surface area is 217 Å². The number of fused-ring (bicyclic) bond motifs is 8. The molecule has 0 N–H and O–H groups in total. The second-order valence-electron chi connectivity index (χ2n) is 10.2. The minimum Gasteiger partial charge on any atom is -0.344 e. The first-order valence-corrected chi connectivity index (χ1v) is 14.9. The van der Waals surface area contributed by atoms with Crippen molar-refractivity contribution in [2.75, 3.05) is 0 Å². The van der Waals surface area contributed by atoms with Crippen LogP contribution in [0.3, 0.4) is 0 Å². The van der Waals surface area contributed by atoms with Crippen LogP contribution < -0.4 is 20.7 Å². The zero-order valence-corrected chi connectivity index (χ0v) is 21.6. The normalized spacial score (nSPS) is 13.8. The van der Waals surface area contributed by atoms with Gasteiger partial charge in [0.25, 0.3) is 0 Å². The summed E-state index contributed by atoms with van der Waals surface area (Å²) in [6.07, 6.45) is 0. The fourth-order valence-electron chi connectivity index (χ4n) is 6.93. The number of aryl methyl sites for hydroxylation is 1. The highest BCUT2D eigenvalue weighted by Gasteiger charge is 2.50. The summed E-state index contributed by atoms with van der Waals surface area (Å²) in [7, 11) is -0.303. The Kier molecular flexibility index (Phi) is 4.23. The van der Waals surface area contributed by atoms with Crippen molar-refractivity contribution in [1.82, 2.24) is 4.57 Å². The molecule has 0 saturated carbocycles. The van der Waals surface area contributed by atoms with Gasteiger partial charge in [-0.3, -0.25) is 0 Å². The summed E-state index contributed by atoms with van der Waals surface area (Å²) in [4.78, 5) is 0. The maximum Gasteiger partial charge on any atom is 0.183 e. The first-order valence-electron chi connectivity index (χ1n) is 12.9. The lowest BCUT2D eigenvalue weighted by molar-refractivity contribution is 1.02. The summed E-state index contributed by atoms with van der Waals surface area (Å²) >= 11 is 0. The third-order valence-electron chi connectivity index (χ3n) is 8.44. The van der Waals surface area contributed by atoms with Crippen molar-refractivity contribution in [3.05, 3.63) is 133 Å². The van der Waals surface area contributed by atoms with Gasteiger partial charge in [-0.15, -0.1) is 0 Å². The van der Waals surface area contributed by atoms with Crippen LogP contribution in [0.15, 0.2) is 133 Å². The highest BCUT2D eigenvalue weighted by Crippen LogP contribution is 2.37. The molecular weight excluding hydrogens is 462 g/mol. The minimum atomic E-state index is -2.56. The number of hydrogen-bond acceptors (Lipinski definition) is 0. The van der Waals surface area contributed by atoms with Crippen molar-refractivity contribution in [1.29, 1.82) is 0 Å². The second-order valence-corrected chi connectivity index (χ2v) is 13.9. The third kappa shape index (κ3) is 2.63. The standard InChI is InChI=1S/C35H25NSi/c1-36-32-23-25-13-9-8-12-24(25)22-31(32)29-20-21-30-28-18-10-11-19-33(28)37(35(30)34(29)36,26-14-4-2-5-15-26)27-16-6-3-7-17-27/h2-23H,1H3. The Morgan fingerprint density at radius 2 is 1.11 bits per heavy atom. The molecule has 2 heterocycles. The SMILES string of the molecule is Cn1c2cc3ccccc3cc2c2ccc3c(c21)[Si](c1ccccc1)(c1ccccc1)c1ccccc1-3. The van der Waals surface area contributed by atoms with Crippen LogP contribution in [0.5, 0.6) is 0 Å². The van der Waals surface area contributed by atoms with Gasteiger partial charge in [0.15, 0.2) is 8.07 Å². The van der Waals surface area contributed by atoms with Gasteiger partial charge in [-0.05, 0) is 54.8 Å². The monoisotopic (exact) mass is 487 g/mol. The highest BCUT2D eigenvalue weighted by atomic mass is 28.3. The van der Waals surface area contributed by atoms with Crippen LogP contribution in [0.2, 0.25) is 0 Å². The molecule has 1 aromatic heterocycles. The number of benzene rings is 6. The average molecular weight is 488 g/mol. The summed E-state index contributed by atoms with van der Waals surface area (Å²) in [5.74, 6) is 0. The molecule has 6 aromatic carbocycles. The number of hydrogen-bond donors (Lipinski definition) is 0. The Bertz CT molecular complexity index is 1940. The number of rotatable bonds is 2. The van der Waals surface area contributed by atoms with E-state index in [1.165, 1.54) is 64.5 Å². The molecule has 2 heteroatoms. The van der Waals surface area contributed by atoms with Crippen LogP contribution in [0.4, 0.5) is 0 Å². The summed E-state index contributed by atoms with van der Waals surface area (Å²) in [5.41, 5.74) is 5.44. The van der Waals surface area contributed by atoms with E-state index in [0.717, 1.165) is 0 Å². The second kappa shape index (κ2) is 7.55. The summed E-state index contributed by atoms with van der Waals surface area (Å²) < 4.78 is 2.47. The topological polar surface area (TPSA) is 4.93 Å². The molecule has 0 radical (unpaired) electrons. The highest BCUT2D eigenvalue weighted by molar-refractivity contribution is 7.23.